The predicted molar refractivity (Wildman–Crippen MR) is 107 cm³/mol. The van der Waals surface area contributed by atoms with Crippen LogP contribution in [0.5, 0.6) is 0 Å². The first-order valence-electron chi connectivity index (χ1n) is 10.9. The van der Waals surface area contributed by atoms with Crippen molar-refractivity contribution in [3.8, 4) is 0 Å². The summed E-state index contributed by atoms with van der Waals surface area (Å²) >= 11 is 3.30. The van der Waals surface area contributed by atoms with Gasteiger partial charge < -0.3 is 0 Å². The number of hydrogen-bond acceptors (Lipinski definition) is 0. The van der Waals surface area contributed by atoms with Gasteiger partial charge in [-0.25, -0.2) is 0 Å². The molecule has 0 aromatic heterocycles. The van der Waals surface area contributed by atoms with Crippen molar-refractivity contribution < 1.29 is 0 Å². The van der Waals surface area contributed by atoms with Gasteiger partial charge in [0.25, 0.3) is 0 Å². The Bertz CT molecular complexity index is 435. The topological polar surface area (TPSA) is 0 Å². The van der Waals surface area contributed by atoms with Gasteiger partial charge in [-0.05, 0) is 90.7 Å². The van der Waals surface area contributed by atoms with Gasteiger partial charge in [0.05, 0.1) is 0 Å². The Morgan fingerprint density at radius 2 is 0.826 bits per heavy atom. The molecule has 6 saturated carbocycles. The molecule has 0 radical (unpaired) electrons. The third kappa shape index (κ3) is 2.06. The second kappa shape index (κ2) is 5.24. The maximum absolute atomic E-state index is 3.30. The summed E-state index contributed by atoms with van der Waals surface area (Å²) < 4.78 is 0. The number of fused-ring (bicyclic) bond motifs is 6. The lowest BCUT2D eigenvalue weighted by molar-refractivity contribution is 0.403. The largest absolute Gasteiger partial charge is 0.135 e. The van der Waals surface area contributed by atoms with E-state index in [4.69, 9.17) is 0 Å². The number of rotatable bonds is 3. The Kier molecular flexibility index (Phi) is 3.43. The minimum atomic E-state index is -1.14. The van der Waals surface area contributed by atoms with Crippen molar-refractivity contribution in [1.82, 2.24) is 0 Å². The van der Waals surface area contributed by atoms with E-state index in [2.05, 4.69) is 21.8 Å². The molecule has 9 atom stereocenters. The van der Waals surface area contributed by atoms with Gasteiger partial charge in [-0.15, -0.1) is 21.8 Å². The quantitative estimate of drug-likeness (QED) is 0.253. The second-order valence-corrected chi connectivity index (χ2v) is 20.2. The molecule has 0 N–H and O–H groups in total. The van der Waals surface area contributed by atoms with E-state index in [1.54, 1.807) is 77.0 Å². The Morgan fingerprint density at radius 1 is 0.478 bits per heavy atom. The molecule has 2 heteroatoms. The fourth-order valence-corrected chi connectivity index (χ4v) is 22.9. The minimum absolute atomic E-state index is 1.14. The van der Waals surface area contributed by atoms with Gasteiger partial charge in [0, 0.05) is 0 Å². The van der Waals surface area contributed by atoms with Gasteiger partial charge in [0.15, 0.2) is 0 Å². The molecule has 6 fully saturated rings. The van der Waals surface area contributed by atoms with Crippen LogP contribution in [0, 0.1) is 35.5 Å². The van der Waals surface area contributed by atoms with Crippen molar-refractivity contribution in [3.05, 3.63) is 0 Å². The van der Waals surface area contributed by atoms with Gasteiger partial charge in [0.2, 0.25) is 0 Å². The van der Waals surface area contributed by atoms with Crippen LogP contribution < -0.4 is 0 Å². The molecule has 0 aliphatic heterocycles. The highest BCUT2D eigenvalue weighted by molar-refractivity contribution is 14.1. The third-order valence-corrected chi connectivity index (χ3v) is 22.7. The predicted octanol–water partition coefficient (Wildman–Crippen LogP) is 6.94. The Morgan fingerprint density at radius 3 is 1.04 bits per heavy atom. The third-order valence-electron chi connectivity index (χ3n) is 9.92. The highest BCUT2D eigenvalue weighted by Gasteiger charge is 2.64. The maximum atomic E-state index is 3.30. The van der Waals surface area contributed by atoms with Gasteiger partial charge in [-0.1, -0.05) is 38.5 Å². The Balaban J connectivity index is 1.38. The summed E-state index contributed by atoms with van der Waals surface area (Å²) in [5, 5.41) is 0. The molecule has 6 rings (SSSR count). The first-order valence-corrected chi connectivity index (χ1v) is 16.2. The molecule has 6 aliphatic carbocycles. The highest BCUT2D eigenvalue weighted by Crippen LogP contribution is 2.72. The van der Waals surface area contributed by atoms with Crippen molar-refractivity contribution in [2.24, 2.45) is 35.5 Å². The molecular weight excluding hydrogens is 407 g/mol. The number of halogens is 1. The molecule has 0 nitrogen and oxygen atoms in total. The second-order valence-electron chi connectivity index (χ2n) is 10.7. The zero-order valence-corrected chi connectivity index (χ0v) is 17.7. The summed E-state index contributed by atoms with van der Waals surface area (Å²) in [6.07, 6.45) is 19.8. The summed E-state index contributed by atoms with van der Waals surface area (Å²) in [5.41, 5.74) is 2.64. The normalized spacial score (nSPS) is 59.1. The molecule has 0 aromatic rings. The molecule has 9 unspecified atom stereocenters. The van der Waals surface area contributed by atoms with Crippen molar-refractivity contribution >= 4 is 27.4 Å². The zero-order chi connectivity index (χ0) is 15.2. The number of hydrogen-bond donors (Lipinski definition) is 0. The molecule has 23 heavy (non-hydrogen) atoms. The van der Waals surface area contributed by atoms with Crippen molar-refractivity contribution in [3.63, 3.8) is 0 Å². The smallest absolute Gasteiger partial charge is 0.118 e. The zero-order valence-electron chi connectivity index (χ0n) is 14.6. The van der Waals surface area contributed by atoms with E-state index >= 15 is 0 Å². The fraction of sp³-hybridized carbons (Fsp3) is 1.00. The first kappa shape index (κ1) is 15.0. The molecule has 0 aromatic carbocycles. The van der Waals surface area contributed by atoms with E-state index in [1.165, 1.54) is 52.1 Å². The van der Waals surface area contributed by atoms with Gasteiger partial charge in [-0.2, -0.15) is 0 Å². The maximum Gasteiger partial charge on any atom is 0.135 e. The lowest BCUT2D eigenvalue weighted by Crippen LogP contribution is -2.48. The molecule has 0 spiro atoms. The lowest BCUT2D eigenvalue weighted by atomic mass is 9.98. The summed E-state index contributed by atoms with van der Waals surface area (Å²) in [7, 11) is 0. The van der Waals surface area contributed by atoms with Crippen LogP contribution in [0.1, 0.15) is 77.0 Å². The SMILES string of the molecule is I[Si](C1CC2CCC1C2)(C1CC2CCC1C2)C1CC2CCC1C2. The van der Waals surface area contributed by atoms with Crippen LogP contribution in [0.25, 0.3) is 0 Å². The van der Waals surface area contributed by atoms with Crippen LogP contribution in [0.3, 0.4) is 0 Å². The van der Waals surface area contributed by atoms with Crippen LogP contribution >= 0.6 is 21.8 Å². The van der Waals surface area contributed by atoms with Crippen molar-refractivity contribution in [2.45, 2.75) is 93.7 Å². The van der Waals surface area contributed by atoms with Crippen molar-refractivity contribution in [2.75, 3.05) is 0 Å². The first-order chi connectivity index (χ1) is 11.2. The molecular formula is C21H33ISi. The molecule has 6 aliphatic rings. The van der Waals surface area contributed by atoms with E-state index in [0.29, 0.717) is 0 Å². The lowest BCUT2D eigenvalue weighted by Gasteiger charge is -2.50. The van der Waals surface area contributed by atoms with E-state index in [9.17, 15) is 0 Å². The van der Waals surface area contributed by atoms with E-state index < -0.39 is 5.57 Å². The molecule has 6 bridgehead atoms. The molecule has 0 heterocycles. The summed E-state index contributed by atoms with van der Waals surface area (Å²) in [4.78, 5) is 0. The summed E-state index contributed by atoms with van der Waals surface area (Å²) in [5.74, 6) is 7.10. The van der Waals surface area contributed by atoms with Crippen molar-refractivity contribution in [1.29, 1.82) is 0 Å². The van der Waals surface area contributed by atoms with E-state index in [1.807, 2.05) is 0 Å². The summed E-state index contributed by atoms with van der Waals surface area (Å²) in [6.45, 7) is 0. The van der Waals surface area contributed by atoms with Gasteiger partial charge in [0.1, 0.15) is 5.57 Å². The molecule has 0 amide bonds. The minimum Gasteiger partial charge on any atom is -0.118 e. The van der Waals surface area contributed by atoms with Crippen LogP contribution in [0.4, 0.5) is 0 Å². The fourth-order valence-electron chi connectivity index (χ4n) is 9.18. The van der Waals surface area contributed by atoms with E-state index in [0.717, 1.165) is 0 Å². The molecule has 128 valence electrons. The Hall–Kier alpha value is 0.947. The standard InChI is InChI=1S/C21H33ISi/c22-23(19-10-13-1-4-16(19)7-13,20-11-14-2-5-17(20)8-14)21-12-15-3-6-18(21)9-15/h13-21H,1-12H2. The van der Waals surface area contributed by atoms with Crippen LogP contribution in [-0.2, 0) is 0 Å². The monoisotopic (exact) mass is 440 g/mol. The van der Waals surface area contributed by atoms with E-state index in [-0.39, 0.29) is 0 Å². The average Bonchev–Trinajstić information content (AvgIpc) is 3.40. The van der Waals surface area contributed by atoms with Gasteiger partial charge >= 0.3 is 0 Å². The van der Waals surface area contributed by atoms with Gasteiger partial charge in [-0.3, -0.25) is 0 Å². The molecule has 0 saturated heterocycles. The average molecular weight is 440 g/mol. The van der Waals surface area contributed by atoms with Crippen LogP contribution in [0.2, 0.25) is 16.6 Å². The highest BCUT2D eigenvalue weighted by atomic mass is 127. The summed E-state index contributed by atoms with van der Waals surface area (Å²) in [6, 6.07) is 0. The van der Waals surface area contributed by atoms with Crippen LogP contribution in [0.15, 0.2) is 0 Å². The Labute approximate surface area is 156 Å². The van der Waals surface area contributed by atoms with Crippen LogP contribution in [-0.4, -0.2) is 5.57 Å².